The Balaban J connectivity index is 1.83. The topological polar surface area (TPSA) is 136 Å². The van der Waals surface area contributed by atoms with Gasteiger partial charge in [0.05, 0.1) is 44.0 Å². The molecule has 2 aliphatic rings. The van der Waals surface area contributed by atoms with Crippen molar-refractivity contribution in [2.75, 3.05) is 4.90 Å². The van der Waals surface area contributed by atoms with E-state index in [1.807, 2.05) is 0 Å². The van der Waals surface area contributed by atoms with Crippen LogP contribution in [0, 0.1) is 50.2 Å². The number of hydrogen-bond donors (Lipinski definition) is 2. The molecule has 0 bridgehead atoms. The van der Waals surface area contributed by atoms with E-state index in [1.54, 1.807) is 66.7 Å². The van der Waals surface area contributed by atoms with Crippen molar-refractivity contribution in [1.29, 1.82) is 21.2 Å². The number of amidine groups is 1. The van der Waals surface area contributed by atoms with Gasteiger partial charge >= 0.3 is 0 Å². The number of hydrogen-bond acceptors (Lipinski definition) is 6. The molecule has 2 N–H and O–H groups in total. The minimum atomic E-state index is -2.71. The molecule has 226 valence electrons. The Morgan fingerprint density at radius 2 is 1.20 bits per heavy atom. The molecule has 1 saturated carbocycles. The van der Waals surface area contributed by atoms with Crippen molar-refractivity contribution in [1.82, 2.24) is 0 Å². The lowest BCUT2D eigenvalue weighted by atomic mass is 9.40. The summed E-state index contributed by atoms with van der Waals surface area (Å²) in [6.45, 7) is 0. The summed E-state index contributed by atoms with van der Waals surface area (Å²) in [4.78, 5) is 15.9. The molecule has 1 heterocycles. The molecule has 1 amide bonds. The van der Waals surface area contributed by atoms with Crippen LogP contribution in [0.4, 0.5) is 5.69 Å². The smallest absolute Gasteiger partial charge is 0.267 e. The Labute approximate surface area is 284 Å². The number of nitrogens with zero attached hydrogens (tertiary/aromatic N) is 4. The van der Waals surface area contributed by atoms with E-state index in [2.05, 4.69) is 18.2 Å². The summed E-state index contributed by atoms with van der Waals surface area (Å²) < 4.78 is 0. The van der Waals surface area contributed by atoms with Gasteiger partial charge in [0, 0.05) is 17.8 Å². The summed E-state index contributed by atoms with van der Waals surface area (Å²) in [6.07, 6.45) is 0. The predicted molar refractivity (Wildman–Crippen MR) is 176 cm³/mol. The third-order valence-corrected chi connectivity index (χ3v) is 10.7. The van der Waals surface area contributed by atoms with Gasteiger partial charge < -0.3 is 5.11 Å². The molecule has 6 rings (SSSR count). The van der Waals surface area contributed by atoms with Crippen molar-refractivity contribution in [3.63, 3.8) is 0 Å². The number of para-hydroxylation sites is 1. The quantitative estimate of drug-likeness (QED) is 0.223. The van der Waals surface area contributed by atoms with Crippen molar-refractivity contribution in [2.24, 2.45) is 10.8 Å². The normalized spacial score (nSPS) is 26.5. The molecule has 0 radical (unpaired) electrons. The highest BCUT2D eigenvalue weighted by molar-refractivity contribution is 6.42. The molecule has 7 nitrogen and oxygen atoms in total. The fraction of sp³-hybridized carbons (Fsp3) is 0.171. The van der Waals surface area contributed by atoms with Crippen LogP contribution in [0.2, 0.25) is 20.1 Å². The van der Waals surface area contributed by atoms with Crippen molar-refractivity contribution < 1.29 is 9.90 Å². The molecule has 46 heavy (non-hydrogen) atoms. The van der Waals surface area contributed by atoms with E-state index in [-0.39, 0.29) is 31.3 Å². The van der Waals surface area contributed by atoms with E-state index in [4.69, 9.17) is 46.4 Å². The highest BCUT2D eigenvalue weighted by atomic mass is 35.5. The van der Waals surface area contributed by atoms with Gasteiger partial charge in [-0.25, -0.2) is 0 Å². The first-order chi connectivity index (χ1) is 22.0. The highest BCUT2D eigenvalue weighted by Gasteiger charge is 2.83. The fourth-order valence-electron chi connectivity index (χ4n) is 7.34. The van der Waals surface area contributed by atoms with E-state index in [9.17, 15) is 31.1 Å². The lowest BCUT2D eigenvalue weighted by molar-refractivity contribution is -0.154. The number of carbonyl (C=O) groups is 1. The van der Waals surface area contributed by atoms with E-state index < -0.39 is 45.9 Å². The summed E-state index contributed by atoms with van der Waals surface area (Å²) in [5, 5.41) is 57.1. The maximum Gasteiger partial charge on any atom is 0.267 e. The number of rotatable bonds is 4. The molecule has 0 aromatic heterocycles. The molecule has 1 aliphatic carbocycles. The van der Waals surface area contributed by atoms with E-state index in [0.717, 1.165) is 4.90 Å². The average molecular weight is 685 g/mol. The number of nitrogens with one attached hydrogen (secondary N) is 1. The Kier molecular flexibility index (Phi) is 7.86. The number of fused-ring (bicyclic) bond motifs is 1. The lowest BCUT2D eigenvalue weighted by Crippen LogP contribution is -2.67. The van der Waals surface area contributed by atoms with Gasteiger partial charge in [0.1, 0.15) is 5.84 Å². The summed E-state index contributed by atoms with van der Waals surface area (Å²) in [6, 6.07) is 32.0. The van der Waals surface area contributed by atoms with Crippen LogP contribution in [0.1, 0.15) is 34.4 Å². The second-order valence-electron chi connectivity index (χ2n) is 11.2. The van der Waals surface area contributed by atoms with E-state index in [0.29, 0.717) is 11.1 Å². The molecule has 0 spiro atoms. The first kappa shape index (κ1) is 31.6. The SMILES string of the molecule is N#CC1(C#N)[C@@H](c2ccc(Cl)c(Cl)c2)[C@]2(C#N)C(=N)N(c3ccccc3)C(=O)[C@]2(O)[C@@H](c2ccccc2)[C@@H]1c1ccc(Cl)c(Cl)c1. The third kappa shape index (κ3) is 4.13. The zero-order chi connectivity index (χ0) is 33.0. The molecule has 4 aromatic carbocycles. The summed E-state index contributed by atoms with van der Waals surface area (Å²) in [5.41, 5.74) is -6.36. The summed E-state index contributed by atoms with van der Waals surface area (Å²) in [5.74, 6) is -5.86. The Morgan fingerprint density at radius 1 is 0.674 bits per heavy atom. The fourth-order valence-corrected chi connectivity index (χ4v) is 7.95. The number of aliphatic hydroxyl groups is 1. The van der Waals surface area contributed by atoms with Gasteiger partial charge in [0.15, 0.2) is 16.4 Å². The molecule has 1 aliphatic heterocycles. The van der Waals surface area contributed by atoms with Gasteiger partial charge in [-0.15, -0.1) is 0 Å². The van der Waals surface area contributed by atoms with Crippen LogP contribution in [-0.2, 0) is 4.79 Å². The highest BCUT2D eigenvalue weighted by Crippen LogP contribution is 2.72. The maximum atomic E-state index is 14.9. The van der Waals surface area contributed by atoms with Gasteiger partial charge in [0.2, 0.25) is 0 Å². The second kappa shape index (κ2) is 11.4. The minimum absolute atomic E-state index is 0.0487. The predicted octanol–water partition coefficient (Wildman–Crippen LogP) is 8.26. The first-order valence-electron chi connectivity index (χ1n) is 13.9. The van der Waals surface area contributed by atoms with Crippen LogP contribution in [0.5, 0.6) is 0 Å². The number of amides is 1. The van der Waals surface area contributed by atoms with Gasteiger partial charge in [-0.3, -0.25) is 15.1 Å². The van der Waals surface area contributed by atoms with Crippen molar-refractivity contribution in [3.05, 3.63) is 134 Å². The number of nitriles is 3. The monoisotopic (exact) mass is 683 g/mol. The third-order valence-electron chi connectivity index (χ3n) is 9.19. The number of halogens is 4. The van der Waals surface area contributed by atoms with Crippen molar-refractivity contribution >= 4 is 63.8 Å². The number of carbonyl (C=O) groups excluding carboxylic acids is 1. The maximum absolute atomic E-state index is 14.9. The molecule has 2 fully saturated rings. The van der Waals surface area contributed by atoms with Crippen LogP contribution in [0.25, 0.3) is 0 Å². The Hall–Kier alpha value is -4.39. The molecule has 0 unspecified atom stereocenters. The van der Waals surface area contributed by atoms with Gasteiger partial charge in [-0.2, -0.15) is 15.8 Å². The molecule has 5 atom stereocenters. The average Bonchev–Trinajstić information content (AvgIpc) is 3.24. The number of benzene rings is 4. The summed E-state index contributed by atoms with van der Waals surface area (Å²) in [7, 11) is 0. The van der Waals surface area contributed by atoms with Gasteiger partial charge in [-0.05, 0) is 53.1 Å². The zero-order valence-electron chi connectivity index (χ0n) is 23.6. The second-order valence-corrected chi connectivity index (χ2v) is 12.9. The number of anilines is 1. The zero-order valence-corrected chi connectivity index (χ0v) is 26.6. The molecular formula is C35H21Cl4N5O2. The largest absolute Gasteiger partial charge is 0.377 e. The van der Waals surface area contributed by atoms with E-state index >= 15 is 0 Å². The Bertz CT molecular complexity index is 2020. The lowest BCUT2D eigenvalue weighted by Gasteiger charge is -2.57. The molecule has 11 heteroatoms. The molecule has 1 saturated heterocycles. The van der Waals surface area contributed by atoms with Gasteiger partial charge in [-0.1, -0.05) is 107 Å². The standard InChI is InChI=1S/C35H21Cl4N5O2/c36-24-13-11-21(15-26(24)38)28-29(20-7-3-1-4-8-20)35(46)32(45)44(23-9-5-2-6-10-23)31(43)34(35,19-42)30(33(28,17-40)18-41)22-12-14-25(37)27(39)16-22/h1-16,28-30,43,46H/t28-,29-,30+,34+,35+/m0/s1. The van der Waals surface area contributed by atoms with Crippen LogP contribution >= 0.6 is 46.4 Å². The first-order valence-corrected chi connectivity index (χ1v) is 15.4. The van der Waals surface area contributed by atoms with Crippen LogP contribution in [0.15, 0.2) is 97.1 Å². The van der Waals surface area contributed by atoms with E-state index in [1.165, 1.54) is 30.3 Å². The van der Waals surface area contributed by atoms with Crippen molar-refractivity contribution in [2.45, 2.75) is 23.4 Å². The minimum Gasteiger partial charge on any atom is -0.377 e. The summed E-state index contributed by atoms with van der Waals surface area (Å²) >= 11 is 25.5. The van der Waals surface area contributed by atoms with Crippen LogP contribution in [-0.4, -0.2) is 22.5 Å². The molecule has 4 aromatic rings. The van der Waals surface area contributed by atoms with Gasteiger partial charge in [0.25, 0.3) is 5.91 Å². The van der Waals surface area contributed by atoms with Crippen LogP contribution in [0.3, 0.4) is 0 Å². The Morgan fingerprint density at radius 3 is 1.72 bits per heavy atom. The molecular weight excluding hydrogens is 664 g/mol. The van der Waals surface area contributed by atoms with Crippen molar-refractivity contribution in [3.8, 4) is 18.2 Å². The van der Waals surface area contributed by atoms with Crippen LogP contribution < -0.4 is 4.90 Å².